The van der Waals surface area contributed by atoms with Gasteiger partial charge >= 0.3 is 0 Å². The molecule has 0 amide bonds. The van der Waals surface area contributed by atoms with E-state index in [4.69, 9.17) is 19.3 Å². The van der Waals surface area contributed by atoms with Crippen LogP contribution in [-0.4, -0.2) is 31.4 Å². The molecule has 1 aromatic heterocycles. The second-order valence-corrected chi connectivity index (χ2v) is 8.03. The number of aryl methyl sites for hydroxylation is 1. The smallest absolute Gasteiger partial charge is 0.238 e. The average Bonchev–Trinajstić information content (AvgIpc) is 3.08. The lowest BCUT2D eigenvalue weighted by Gasteiger charge is -2.15. The monoisotopic (exact) mass is 431 g/mol. The van der Waals surface area contributed by atoms with Crippen molar-refractivity contribution in [3.05, 3.63) is 59.9 Å². The SMILES string of the molecule is CCOc1cccc(OCc2cc(C)n(-c3ccc(S(N)(=O)=O)cc3)n2)c1OCC. The predicted octanol–water partition coefficient (Wildman–Crippen LogP) is 3.20. The first-order valence-electron chi connectivity index (χ1n) is 9.53. The van der Waals surface area contributed by atoms with Gasteiger partial charge in [0.05, 0.1) is 23.8 Å². The number of aromatic nitrogens is 2. The fourth-order valence-electron chi connectivity index (χ4n) is 2.96. The summed E-state index contributed by atoms with van der Waals surface area (Å²) in [6, 6.07) is 13.6. The molecule has 0 aliphatic carbocycles. The van der Waals surface area contributed by atoms with E-state index in [2.05, 4.69) is 5.10 Å². The molecule has 0 spiro atoms. The van der Waals surface area contributed by atoms with Crippen LogP contribution >= 0.6 is 0 Å². The zero-order chi connectivity index (χ0) is 21.7. The number of sulfonamides is 1. The van der Waals surface area contributed by atoms with Crippen LogP contribution in [0.3, 0.4) is 0 Å². The molecule has 8 nitrogen and oxygen atoms in total. The minimum Gasteiger partial charge on any atom is -0.490 e. The van der Waals surface area contributed by atoms with Gasteiger partial charge in [-0.1, -0.05) is 6.07 Å². The number of benzene rings is 2. The summed E-state index contributed by atoms with van der Waals surface area (Å²) in [5.41, 5.74) is 2.32. The third-order valence-electron chi connectivity index (χ3n) is 4.25. The quantitative estimate of drug-likeness (QED) is 0.558. The van der Waals surface area contributed by atoms with Gasteiger partial charge in [0.1, 0.15) is 12.3 Å². The van der Waals surface area contributed by atoms with E-state index < -0.39 is 10.0 Å². The summed E-state index contributed by atoms with van der Waals surface area (Å²) in [6.07, 6.45) is 0. The van der Waals surface area contributed by atoms with Gasteiger partial charge in [-0.05, 0) is 63.2 Å². The van der Waals surface area contributed by atoms with Gasteiger partial charge in [0.25, 0.3) is 0 Å². The van der Waals surface area contributed by atoms with E-state index in [1.54, 1.807) is 16.8 Å². The average molecular weight is 432 g/mol. The molecule has 0 unspecified atom stereocenters. The molecular weight excluding hydrogens is 406 g/mol. The van der Waals surface area contributed by atoms with E-state index in [0.29, 0.717) is 36.2 Å². The molecule has 0 aliphatic rings. The van der Waals surface area contributed by atoms with Gasteiger partial charge in [0.15, 0.2) is 11.5 Å². The van der Waals surface area contributed by atoms with Crippen molar-refractivity contribution in [1.29, 1.82) is 0 Å². The molecule has 0 atom stereocenters. The first-order chi connectivity index (χ1) is 14.3. The molecule has 1 heterocycles. The Hall–Kier alpha value is -3.04. The fourth-order valence-corrected chi connectivity index (χ4v) is 3.48. The molecule has 0 bridgehead atoms. The maximum atomic E-state index is 11.4. The van der Waals surface area contributed by atoms with Gasteiger partial charge in [0, 0.05) is 5.69 Å². The lowest BCUT2D eigenvalue weighted by Crippen LogP contribution is -2.12. The Morgan fingerprint density at radius 1 is 0.967 bits per heavy atom. The van der Waals surface area contributed by atoms with Crippen molar-refractivity contribution in [3.63, 3.8) is 0 Å². The van der Waals surface area contributed by atoms with Crippen molar-refractivity contribution in [2.45, 2.75) is 32.3 Å². The van der Waals surface area contributed by atoms with Crippen LogP contribution in [0, 0.1) is 6.92 Å². The molecule has 3 rings (SSSR count). The number of hydrogen-bond donors (Lipinski definition) is 1. The largest absolute Gasteiger partial charge is 0.490 e. The minimum absolute atomic E-state index is 0.0530. The van der Waals surface area contributed by atoms with Crippen LogP contribution in [0.5, 0.6) is 17.2 Å². The predicted molar refractivity (Wildman–Crippen MR) is 113 cm³/mol. The van der Waals surface area contributed by atoms with Crippen molar-refractivity contribution in [2.24, 2.45) is 5.14 Å². The molecule has 2 aromatic carbocycles. The number of primary sulfonamides is 1. The molecule has 3 aromatic rings. The lowest BCUT2D eigenvalue weighted by molar-refractivity contribution is 0.248. The fraction of sp³-hybridized carbons (Fsp3) is 0.286. The lowest BCUT2D eigenvalue weighted by atomic mass is 10.3. The number of nitrogens with two attached hydrogens (primary N) is 1. The molecule has 2 N–H and O–H groups in total. The third-order valence-corrected chi connectivity index (χ3v) is 5.18. The van der Waals surface area contributed by atoms with Gasteiger partial charge in [-0.15, -0.1) is 0 Å². The van der Waals surface area contributed by atoms with Crippen molar-refractivity contribution in [2.75, 3.05) is 13.2 Å². The van der Waals surface area contributed by atoms with Crippen molar-refractivity contribution < 1.29 is 22.6 Å². The van der Waals surface area contributed by atoms with Crippen LogP contribution in [0.1, 0.15) is 25.2 Å². The standard InChI is InChI=1S/C21H25N3O5S/c1-4-27-19-7-6-8-20(21(19)28-5-2)29-14-16-13-15(3)24(23-16)17-9-11-18(12-10-17)30(22,25)26/h6-13H,4-5,14H2,1-3H3,(H2,22,25,26). The van der Waals surface area contributed by atoms with E-state index in [9.17, 15) is 8.42 Å². The van der Waals surface area contributed by atoms with Crippen LogP contribution in [0.2, 0.25) is 0 Å². The highest BCUT2D eigenvalue weighted by molar-refractivity contribution is 7.89. The van der Waals surface area contributed by atoms with Gasteiger partial charge in [-0.25, -0.2) is 18.2 Å². The molecule has 9 heteroatoms. The zero-order valence-corrected chi connectivity index (χ0v) is 18.0. The highest BCUT2D eigenvalue weighted by atomic mass is 32.2. The highest BCUT2D eigenvalue weighted by Crippen LogP contribution is 2.37. The summed E-state index contributed by atoms with van der Waals surface area (Å²) in [5.74, 6) is 1.78. The number of ether oxygens (including phenoxy) is 3. The van der Waals surface area contributed by atoms with Crippen LogP contribution < -0.4 is 19.3 Å². The van der Waals surface area contributed by atoms with Gasteiger partial charge in [-0.3, -0.25) is 0 Å². The Morgan fingerprint density at radius 3 is 2.20 bits per heavy atom. The van der Waals surface area contributed by atoms with E-state index in [0.717, 1.165) is 11.4 Å². The molecule has 0 aliphatic heterocycles. The summed E-state index contributed by atoms with van der Waals surface area (Å²) < 4.78 is 41.9. The topological polar surface area (TPSA) is 106 Å². The van der Waals surface area contributed by atoms with E-state index in [1.165, 1.54) is 12.1 Å². The highest BCUT2D eigenvalue weighted by Gasteiger charge is 2.14. The Balaban J connectivity index is 1.79. The van der Waals surface area contributed by atoms with Gasteiger partial charge < -0.3 is 14.2 Å². The third kappa shape index (κ3) is 4.92. The minimum atomic E-state index is -3.73. The Kier molecular flexibility index (Phi) is 6.63. The molecular formula is C21H25N3O5S. The van der Waals surface area contributed by atoms with Crippen LogP contribution in [-0.2, 0) is 16.6 Å². The number of hydrogen-bond acceptors (Lipinski definition) is 6. The molecule has 160 valence electrons. The number of rotatable bonds is 9. The summed E-state index contributed by atoms with van der Waals surface area (Å²) in [4.78, 5) is 0.0530. The molecule has 0 saturated carbocycles. The molecule has 0 fully saturated rings. The van der Waals surface area contributed by atoms with Gasteiger partial charge in [0.2, 0.25) is 15.8 Å². The Labute approximate surface area is 176 Å². The first-order valence-corrected chi connectivity index (χ1v) is 11.1. The molecule has 30 heavy (non-hydrogen) atoms. The molecule has 0 radical (unpaired) electrons. The summed E-state index contributed by atoms with van der Waals surface area (Å²) in [7, 11) is -3.73. The van der Waals surface area contributed by atoms with Crippen LogP contribution in [0.15, 0.2) is 53.4 Å². The summed E-state index contributed by atoms with van der Waals surface area (Å²) >= 11 is 0. The summed E-state index contributed by atoms with van der Waals surface area (Å²) in [6.45, 7) is 6.97. The second-order valence-electron chi connectivity index (χ2n) is 6.47. The summed E-state index contributed by atoms with van der Waals surface area (Å²) in [5, 5.41) is 9.71. The Bertz CT molecular complexity index is 1110. The Morgan fingerprint density at radius 2 is 1.60 bits per heavy atom. The van der Waals surface area contributed by atoms with Crippen molar-refractivity contribution in [3.8, 4) is 22.9 Å². The number of para-hydroxylation sites is 1. The number of nitrogens with zero attached hydrogens (tertiary/aromatic N) is 2. The zero-order valence-electron chi connectivity index (χ0n) is 17.2. The van der Waals surface area contributed by atoms with E-state index in [-0.39, 0.29) is 11.5 Å². The first kappa shape index (κ1) is 21.7. The van der Waals surface area contributed by atoms with E-state index >= 15 is 0 Å². The van der Waals surface area contributed by atoms with Crippen molar-refractivity contribution in [1.82, 2.24) is 9.78 Å². The maximum Gasteiger partial charge on any atom is 0.238 e. The maximum absolute atomic E-state index is 11.4. The van der Waals surface area contributed by atoms with Crippen LogP contribution in [0.25, 0.3) is 5.69 Å². The van der Waals surface area contributed by atoms with Crippen molar-refractivity contribution >= 4 is 10.0 Å². The second kappa shape index (κ2) is 9.19. The van der Waals surface area contributed by atoms with Crippen LogP contribution in [0.4, 0.5) is 0 Å². The normalized spacial score (nSPS) is 11.3. The molecule has 0 saturated heterocycles. The van der Waals surface area contributed by atoms with Gasteiger partial charge in [-0.2, -0.15) is 5.10 Å². The van der Waals surface area contributed by atoms with E-state index in [1.807, 2.05) is 45.0 Å².